The maximum atomic E-state index is 10.1. The van der Waals surface area contributed by atoms with Crippen molar-refractivity contribution < 1.29 is 20.1 Å². The topological polar surface area (TPSA) is 77.8 Å². The van der Waals surface area contributed by atoms with E-state index < -0.39 is 24.2 Å². The zero-order valence-corrected chi connectivity index (χ0v) is 6.64. The fourth-order valence-electron chi connectivity index (χ4n) is 0.677. The van der Waals surface area contributed by atoms with Gasteiger partial charge in [0.05, 0.1) is 12.2 Å². The molecule has 0 radical (unpaired) electrons. The first-order chi connectivity index (χ1) is 5.00. The highest BCUT2D eigenvalue weighted by Gasteiger charge is 2.25. The van der Waals surface area contributed by atoms with E-state index in [-0.39, 0.29) is 0 Å². The summed E-state index contributed by atoms with van der Waals surface area (Å²) in [6, 6.07) is 0. The van der Waals surface area contributed by atoms with E-state index in [1.54, 1.807) is 0 Å². The predicted octanol–water partition coefficient (Wildman–Crippen LogP) is -1.08. The Morgan fingerprint density at radius 1 is 1.09 bits per heavy atom. The molecular weight excluding hydrogens is 148 g/mol. The van der Waals surface area contributed by atoms with E-state index in [1.807, 2.05) is 0 Å². The molecule has 4 nitrogen and oxygen atoms in total. The van der Waals surface area contributed by atoms with Crippen molar-refractivity contribution in [1.82, 2.24) is 0 Å². The fraction of sp³-hybridized carbons (Fsp3) is 0.857. The monoisotopic (exact) mass is 162 g/mol. The van der Waals surface area contributed by atoms with Gasteiger partial charge in [-0.25, -0.2) is 0 Å². The number of carbonyl (C=O) groups excluding carboxylic acids is 1. The molecule has 0 heterocycles. The SMILES string of the molecule is CC(O)C(O)C(O)C(C)C=O. The summed E-state index contributed by atoms with van der Waals surface area (Å²) >= 11 is 0. The Morgan fingerprint density at radius 3 is 1.82 bits per heavy atom. The van der Waals surface area contributed by atoms with Crippen LogP contribution < -0.4 is 0 Å². The molecule has 0 rings (SSSR count). The summed E-state index contributed by atoms with van der Waals surface area (Å²) in [5, 5.41) is 27.0. The zero-order chi connectivity index (χ0) is 9.02. The summed E-state index contributed by atoms with van der Waals surface area (Å²) in [6.45, 7) is 2.83. The first-order valence-corrected chi connectivity index (χ1v) is 3.50. The third kappa shape index (κ3) is 2.96. The lowest BCUT2D eigenvalue weighted by atomic mass is 9.98. The van der Waals surface area contributed by atoms with Crippen LogP contribution in [0.15, 0.2) is 0 Å². The van der Waals surface area contributed by atoms with Gasteiger partial charge >= 0.3 is 0 Å². The van der Waals surface area contributed by atoms with E-state index in [4.69, 9.17) is 15.3 Å². The highest BCUT2D eigenvalue weighted by Crippen LogP contribution is 2.07. The van der Waals surface area contributed by atoms with Crippen LogP contribution >= 0.6 is 0 Å². The predicted molar refractivity (Wildman–Crippen MR) is 38.9 cm³/mol. The van der Waals surface area contributed by atoms with Gasteiger partial charge in [-0.3, -0.25) is 0 Å². The number of hydrogen-bond donors (Lipinski definition) is 3. The summed E-state index contributed by atoms with van der Waals surface area (Å²) in [4.78, 5) is 10.1. The van der Waals surface area contributed by atoms with E-state index in [0.717, 1.165) is 0 Å². The number of aliphatic hydroxyl groups excluding tert-OH is 3. The fourth-order valence-corrected chi connectivity index (χ4v) is 0.677. The number of aldehydes is 1. The Bertz CT molecular complexity index is 124. The molecule has 0 aliphatic heterocycles. The molecule has 4 heteroatoms. The van der Waals surface area contributed by atoms with Crippen LogP contribution in [0.4, 0.5) is 0 Å². The highest BCUT2D eigenvalue weighted by atomic mass is 16.4. The largest absolute Gasteiger partial charge is 0.391 e. The summed E-state index contributed by atoms with van der Waals surface area (Å²) in [7, 11) is 0. The van der Waals surface area contributed by atoms with Gasteiger partial charge in [0.25, 0.3) is 0 Å². The molecule has 0 aromatic heterocycles. The maximum Gasteiger partial charge on any atom is 0.125 e. The van der Waals surface area contributed by atoms with E-state index >= 15 is 0 Å². The van der Waals surface area contributed by atoms with Gasteiger partial charge in [0.1, 0.15) is 12.4 Å². The van der Waals surface area contributed by atoms with Crippen LogP contribution in [0, 0.1) is 5.92 Å². The average molecular weight is 162 g/mol. The smallest absolute Gasteiger partial charge is 0.125 e. The van der Waals surface area contributed by atoms with Crippen LogP contribution in [-0.4, -0.2) is 39.9 Å². The third-order valence-corrected chi connectivity index (χ3v) is 1.60. The number of aliphatic hydroxyl groups is 3. The summed E-state index contributed by atoms with van der Waals surface area (Å²) in [6.07, 6.45) is -2.92. The summed E-state index contributed by atoms with van der Waals surface area (Å²) < 4.78 is 0. The van der Waals surface area contributed by atoms with Crippen LogP contribution in [0.25, 0.3) is 0 Å². The Kier molecular flexibility index (Phi) is 4.25. The number of hydrogen-bond acceptors (Lipinski definition) is 4. The molecule has 3 N–H and O–H groups in total. The van der Waals surface area contributed by atoms with Crippen molar-refractivity contribution in [3.8, 4) is 0 Å². The van der Waals surface area contributed by atoms with Crippen molar-refractivity contribution in [1.29, 1.82) is 0 Å². The molecule has 0 aliphatic carbocycles. The van der Waals surface area contributed by atoms with Gasteiger partial charge in [-0.05, 0) is 6.92 Å². The molecule has 0 spiro atoms. The van der Waals surface area contributed by atoms with Gasteiger partial charge in [-0.1, -0.05) is 6.92 Å². The standard InChI is InChI=1S/C7H14O4/c1-4(3-8)6(10)7(11)5(2)9/h3-7,9-11H,1-2H3. The van der Waals surface area contributed by atoms with Gasteiger partial charge in [0.15, 0.2) is 0 Å². The second-order valence-corrected chi connectivity index (χ2v) is 2.72. The quantitative estimate of drug-likeness (QED) is 0.460. The maximum absolute atomic E-state index is 10.1. The molecule has 0 aromatic carbocycles. The lowest BCUT2D eigenvalue weighted by molar-refractivity contribution is -0.120. The Labute approximate surface area is 65.5 Å². The molecule has 0 aliphatic rings. The molecule has 66 valence electrons. The first kappa shape index (κ1) is 10.6. The Balaban J connectivity index is 4.00. The first-order valence-electron chi connectivity index (χ1n) is 3.50. The summed E-state index contributed by atoms with van der Waals surface area (Å²) in [5.74, 6) is -0.653. The molecule has 0 aromatic rings. The van der Waals surface area contributed by atoms with Crippen molar-refractivity contribution in [2.75, 3.05) is 0 Å². The molecule has 0 bridgehead atoms. The second-order valence-electron chi connectivity index (χ2n) is 2.72. The van der Waals surface area contributed by atoms with Crippen molar-refractivity contribution in [3.63, 3.8) is 0 Å². The third-order valence-electron chi connectivity index (χ3n) is 1.60. The van der Waals surface area contributed by atoms with E-state index in [2.05, 4.69) is 0 Å². The van der Waals surface area contributed by atoms with E-state index in [9.17, 15) is 4.79 Å². The molecule has 4 atom stereocenters. The van der Waals surface area contributed by atoms with E-state index in [0.29, 0.717) is 6.29 Å². The Hall–Kier alpha value is -0.450. The second kappa shape index (κ2) is 4.43. The van der Waals surface area contributed by atoms with Crippen molar-refractivity contribution in [2.24, 2.45) is 5.92 Å². The van der Waals surface area contributed by atoms with Crippen LogP contribution in [0.5, 0.6) is 0 Å². The van der Waals surface area contributed by atoms with Crippen molar-refractivity contribution >= 4 is 6.29 Å². The van der Waals surface area contributed by atoms with Crippen LogP contribution in [-0.2, 0) is 4.79 Å². The van der Waals surface area contributed by atoms with Crippen LogP contribution in [0.3, 0.4) is 0 Å². The lowest BCUT2D eigenvalue weighted by Gasteiger charge is -2.22. The normalized spacial score (nSPS) is 21.9. The number of rotatable bonds is 4. The average Bonchev–Trinajstić information content (AvgIpc) is 2.00. The molecule has 0 fully saturated rings. The summed E-state index contributed by atoms with van der Waals surface area (Å²) in [5.41, 5.74) is 0. The van der Waals surface area contributed by atoms with E-state index in [1.165, 1.54) is 13.8 Å². The minimum absolute atomic E-state index is 0.538. The minimum Gasteiger partial charge on any atom is -0.391 e. The van der Waals surface area contributed by atoms with Crippen LogP contribution in [0.1, 0.15) is 13.8 Å². The van der Waals surface area contributed by atoms with Crippen molar-refractivity contribution in [3.05, 3.63) is 0 Å². The van der Waals surface area contributed by atoms with Gasteiger partial charge < -0.3 is 20.1 Å². The van der Waals surface area contributed by atoms with Gasteiger partial charge in [0, 0.05) is 5.92 Å². The zero-order valence-electron chi connectivity index (χ0n) is 6.64. The molecule has 11 heavy (non-hydrogen) atoms. The van der Waals surface area contributed by atoms with Gasteiger partial charge in [-0.15, -0.1) is 0 Å². The highest BCUT2D eigenvalue weighted by molar-refractivity contribution is 5.53. The molecular formula is C7H14O4. The minimum atomic E-state index is -1.25. The number of carbonyl (C=O) groups is 1. The van der Waals surface area contributed by atoms with Crippen LogP contribution in [0.2, 0.25) is 0 Å². The van der Waals surface area contributed by atoms with Gasteiger partial charge in [0.2, 0.25) is 0 Å². The lowest BCUT2D eigenvalue weighted by Crippen LogP contribution is -2.40. The van der Waals surface area contributed by atoms with Gasteiger partial charge in [-0.2, -0.15) is 0 Å². The van der Waals surface area contributed by atoms with Crippen molar-refractivity contribution in [2.45, 2.75) is 32.2 Å². The molecule has 0 saturated carbocycles. The molecule has 0 saturated heterocycles. The Morgan fingerprint density at radius 2 is 1.55 bits per heavy atom. The molecule has 0 amide bonds. The molecule has 4 unspecified atom stereocenters.